The molecule has 5 heteroatoms. The van der Waals surface area contributed by atoms with Crippen LogP contribution >= 0.6 is 23.2 Å². The second-order valence-electron chi connectivity index (χ2n) is 8.28. The van der Waals surface area contributed by atoms with E-state index >= 15 is 0 Å². The van der Waals surface area contributed by atoms with Crippen molar-refractivity contribution >= 4 is 29.1 Å². The predicted octanol–water partition coefficient (Wildman–Crippen LogP) is 5.66. The number of nitrogens with zero attached hydrogens (tertiary/aromatic N) is 1. The fourth-order valence-corrected chi connectivity index (χ4v) is 4.54. The summed E-state index contributed by atoms with van der Waals surface area (Å²) in [7, 11) is 4.21. The highest BCUT2D eigenvalue weighted by atomic mass is 35.5. The third-order valence-electron chi connectivity index (χ3n) is 6.03. The number of fused-ring (bicyclic) bond motifs is 1. The van der Waals surface area contributed by atoms with Gasteiger partial charge in [0.25, 0.3) is 5.91 Å². The summed E-state index contributed by atoms with van der Waals surface area (Å²) >= 11 is 12.4. The average molecular weight is 417 g/mol. The maximum absolute atomic E-state index is 12.6. The van der Waals surface area contributed by atoms with E-state index in [2.05, 4.69) is 42.5 Å². The third-order valence-corrected chi connectivity index (χ3v) is 6.77. The Labute approximate surface area is 177 Å². The Morgan fingerprint density at radius 3 is 2.46 bits per heavy atom. The van der Waals surface area contributed by atoms with Gasteiger partial charge in [0.2, 0.25) is 0 Å². The number of carbonyl (C=O) groups is 1. The second kappa shape index (κ2) is 8.06. The van der Waals surface area contributed by atoms with E-state index in [0.717, 1.165) is 24.9 Å². The van der Waals surface area contributed by atoms with E-state index in [1.807, 2.05) is 18.2 Å². The standard InChI is InChI=1S/C23H26Cl2N2O/c1-27(2)22-10-8-17(15-6-9-20(24)21(25)12-15)18-7-5-16(11-19(18)22)23(28)26-13-14-3-4-14/h5-7,9,11-12,14,17,22H,3-4,8,10,13H2,1-2H3,(H,26,28). The van der Waals surface area contributed by atoms with Crippen LogP contribution in [0.15, 0.2) is 36.4 Å². The van der Waals surface area contributed by atoms with E-state index in [1.54, 1.807) is 0 Å². The number of hydrogen-bond donors (Lipinski definition) is 1. The van der Waals surface area contributed by atoms with Gasteiger partial charge in [0.15, 0.2) is 0 Å². The maximum Gasteiger partial charge on any atom is 0.251 e. The minimum atomic E-state index is 0.0314. The van der Waals surface area contributed by atoms with Crippen LogP contribution in [0.1, 0.15) is 64.7 Å². The van der Waals surface area contributed by atoms with Crippen molar-refractivity contribution in [3.8, 4) is 0 Å². The molecule has 1 amide bonds. The summed E-state index contributed by atoms with van der Waals surface area (Å²) in [4.78, 5) is 14.9. The molecule has 2 atom stereocenters. The van der Waals surface area contributed by atoms with Gasteiger partial charge in [-0.15, -0.1) is 0 Å². The number of carbonyl (C=O) groups excluding carboxylic acids is 1. The highest BCUT2D eigenvalue weighted by molar-refractivity contribution is 6.42. The van der Waals surface area contributed by atoms with Gasteiger partial charge in [0, 0.05) is 24.1 Å². The smallest absolute Gasteiger partial charge is 0.251 e. The zero-order chi connectivity index (χ0) is 19.8. The molecule has 0 radical (unpaired) electrons. The lowest BCUT2D eigenvalue weighted by molar-refractivity contribution is 0.0951. The van der Waals surface area contributed by atoms with Crippen molar-refractivity contribution in [3.63, 3.8) is 0 Å². The van der Waals surface area contributed by atoms with Crippen LogP contribution in [0.3, 0.4) is 0 Å². The summed E-state index contributed by atoms with van der Waals surface area (Å²) in [5, 5.41) is 4.25. The van der Waals surface area contributed by atoms with Crippen LogP contribution in [0.5, 0.6) is 0 Å². The van der Waals surface area contributed by atoms with Crippen molar-refractivity contribution < 1.29 is 4.79 Å². The molecule has 2 aliphatic carbocycles. The molecule has 1 saturated carbocycles. The Hall–Kier alpha value is -1.55. The molecule has 148 valence electrons. The molecule has 28 heavy (non-hydrogen) atoms. The maximum atomic E-state index is 12.6. The van der Waals surface area contributed by atoms with Gasteiger partial charge in [-0.1, -0.05) is 35.3 Å². The summed E-state index contributed by atoms with van der Waals surface area (Å²) in [5.41, 5.74) is 4.45. The first-order chi connectivity index (χ1) is 13.4. The molecule has 2 aromatic rings. The fraction of sp³-hybridized carbons (Fsp3) is 0.435. The van der Waals surface area contributed by atoms with E-state index in [4.69, 9.17) is 23.2 Å². The molecule has 2 aromatic carbocycles. The summed E-state index contributed by atoms with van der Waals surface area (Å²) in [5.74, 6) is 0.976. The summed E-state index contributed by atoms with van der Waals surface area (Å²) in [6.45, 7) is 0.791. The van der Waals surface area contributed by atoms with Crippen LogP contribution in [-0.2, 0) is 0 Å². The summed E-state index contributed by atoms with van der Waals surface area (Å²) in [6, 6.07) is 12.4. The van der Waals surface area contributed by atoms with E-state index in [9.17, 15) is 4.79 Å². The Balaban J connectivity index is 1.67. The Morgan fingerprint density at radius 2 is 1.79 bits per heavy atom. The molecule has 0 aromatic heterocycles. The first-order valence-corrected chi connectivity index (χ1v) is 10.7. The normalized spacial score (nSPS) is 21.5. The average Bonchev–Trinajstić information content (AvgIpc) is 3.51. The van der Waals surface area contributed by atoms with Gasteiger partial charge in [-0.2, -0.15) is 0 Å². The lowest BCUT2D eigenvalue weighted by Crippen LogP contribution is -2.29. The summed E-state index contributed by atoms with van der Waals surface area (Å²) < 4.78 is 0. The van der Waals surface area contributed by atoms with Gasteiger partial charge in [-0.05, 0) is 86.7 Å². The van der Waals surface area contributed by atoms with E-state index in [0.29, 0.717) is 22.0 Å². The second-order valence-corrected chi connectivity index (χ2v) is 9.09. The number of nitrogens with one attached hydrogen (secondary N) is 1. The Bertz CT molecular complexity index is 892. The van der Waals surface area contributed by atoms with Crippen LogP contribution in [-0.4, -0.2) is 31.4 Å². The largest absolute Gasteiger partial charge is 0.352 e. The number of halogens is 2. The fourth-order valence-electron chi connectivity index (χ4n) is 4.23. The van der Waals surface area contributed by atoms with Crippen LogP contribution in [0.25, 0.3) is 0 Å². The first-order valence-electron chi connectivity index (χ1n) is 9.97. The highest BCUT2D eigenvalue weighted by Crippen LogP contribution is 2.44. The van der Waals surface area contributed by atoms with Crippen molar-refractivity contribution in [3.05, 3.63) is 68.7 Å². The molecule has 4 rings (SSSR count). The zero-order valence-corrected chi connectivity index (χ0v) is 17.9. The van der Waals surface area contributed by atoms with Crippen LogP contribution in [0, 0.1) is 5.92 Å². The van der Waals surface area contributed by atoms with Gasteiger partial charge in [0.05, 0.1) is 10.0 Å². The first kappa shape index (κ1) is 19.8. The van der Waals surface area contributed by atoms with E-state index in [-0.39, 0.29) is 11.8 Å². The van der Waals surface area contributed by atoms with Crippen LogP contribution in [0.4, 0.5) is 0 Å². The van der Waals surface area contributed by atoms with Crippen LogP contribution in [0.2, 0.25) is 10.0 Å². The van der Waals surface area contributed by atoms with Crippen molar-refractivity contribution in [1.29, 1.82) is 0 Å². The predicted molar refractivity (Wildman–Crippen MR) is 115 cm³/mol. The van der Waals surface area contributed by atoms with Gasteiger partial charge in [-0.3, -0.25) is 4.79 Å². The molecule has 0 heterocycles. The minimum absolute atomic E-state index is 0.0314. The van der Waals surface area contributed by atoms with Crippen molar-refractivity contribution in [2.45, 2.75) is 37.6 Å². The molecule has 1 fully saturated rings. The van der Waals surface area contributed by atoms with Crippen molar-refractivity contribution in [2.24, 2.45) is 5.92 Å². The molecule has 0 spiro atoms. The quantitative estimate of drug-likeness (QED) is 0.681. The van der Waals surface area contributed by atoms with E-state index < -0.39 is 0 Å². The van der Waals surface area contributed by atoms with Gasteiger partial charge in [-0.25, -0.2) is 0 Å². The Morgan fingerprint density at radius 1 is 1.00 bits per heavy atom. The Kier molecular flexibility index (Phi) is 5.69. The highest BCUT2D eigenvalue weighted by Gasteiger charge is 2.30. The molecule has 0 aliphatic heterocycles. The monoisotopic (exact) mass is 416 g/mol. The van der Waals surface area contributed by atoms with Gasteiger partial charge >= 0.3 is 0 Å². The van der Waals surface area contributed by atoms with Gasteiger partial charge in [0.1, 0.15) is 0 Å². The number of rotatable bonds is 5. The zero-order valence-electron chi connectivity index (χ0n) is 16.3. The molecule has 2 aliphatic rings. The third kappa shape index (κ3) is 4.07. The SMILES string of the molecule is CN(C)C1CCC(c2ccc(Cl)c(Cl)c2)c2ccc(C(=O)NCC3CC3)cc21. The van der Waals surface area contributed by atoms with Crippen molar-refractivity contribution in [1.82, 2.24) is 10.2 Å². The van der Waals surface area contributed by atoms with Crippen LogP contribution < -0.4 is 5.32 Å². The number of hydrogen-bond acceptors (Lipinski definition) is 2. The molecule has 0 saturated heterocycles. The molecule has 3 nitrogen and oxygen atoms in total. The lowest BCUT2D eigenvalue weighted by Gasteiger charge is -2.36. The topological polar surface area (TPSA) is 32.3 Å². The van der Waals surface area contributed by atoms with Gasteiger partial charge < -0.3 is 10.2 Å². The van der Waals surface area contributed by atoms with E-state index in [1.165, 1.54) is 29.5 Å². The number of benzene rings is 2. The molecule has 0 bridgehead atoms. The lowest BCUT2D eigenvalue weighted by atomic mass is 9.76. The summed E-state index contributed by atoms with van der Waals surface area (Å²) in [6.07, 6.45) is 4.55. The molecular formula is C23H26Cl2N2O. The molecular weight excluding hydrogens is 391 g/mol. The minimum Gasteiger partial charge on any atom is -0.352 e. The number of amides is 1. The van der Waals surface area contributed by atoms with Crippen molar-refractivity contribution in [2.75, 3.05) is 20.6 Å². The molecule has 2 unspecified atom stereocenters. The molecule has 1 N–H and O–H groups in total.